The molecule has 0 unspecified atom stereocenters. The number of aromatic nitrogens is 5. The summed E-state index contributed by atoms with van der Waals surface area (Å²) in [6.45, 7) is 6.29. The van der Waals surface area contributed by atoms with E-state index in [4.69, 9.17) is 12.2 Å². The van der Waals surface area contributed by atoms with E-state index in [1.165, 1.54) is 0 Å². The van der Waals surface area contributed by atoms with Crippen LogP contribution < -0.4 is 5.32 Å². The zero-order valence-electron chi connectivity index (χ0n) is 14.1. The first-order chi connectivity index (χ1) is 11.4. The molecule has 2 N–H and O–H groups in total. The maximum atomic E-state index is 12.4. The highest BCUT2D eigenvalue weighted by atomic mass is 32.1. The number of fused-ring (bicyclic) bond motifs is 1. The number of aromatic amines is 1. The van der Waals surface area contributed by atoms with Crippen LogP contribution in [0.15, 0.2) is 18.2 Å². The van der Waals surface area contributed by atoms with Gasteiger partial charge in [0.15, 0.2) is 10.6 Å². The molecule has 3 rings (SSSR count). The molecule has 0 saturated carbocycles. The number of hydrogen-bond donors (Lipinski definition) is 2. The van der Waals surface area contributed by atoms with Crippen LogP contribution in [-0.2, 0) is 13.6 Å². The summed E-state index contributed by atoms with van der Waals surface area (Å²) >= 11 is 5.21. The Morgan fingerprint density at radius 3 is 2.88 bits per heavy atom. The van der Waals surface area contributed by atoms with Gasteiger partial charge in [-0.2, -0.15) is 5.10 Å². The van der Waals surface area contributed by atoms with Crippen molar-refractivity contribution in [2.75, 3.05) is 0 Å². The van der Waals surface area contributed by atoms with Crippen molar-refractivity contribution >= 4 is 29.2 Å². The predicted octanol–water partition coefficient (Wildman–Crippen LogP) is 2.65. The molecule has 3 aromatic rings. The van der Waals surface area contributed by atoms with E-state index in [1.54, 1.807) is 12.1 Å². The molecule has 2 aromatic heterocycles. The Kier molecular flexibility index (Phi) is 4.23. The minimum atomic E-state index is -0.163. The highest BCUT2D eigenvalue weighted by molar-refractivity contribution is 7.71. The molecule has 1 amide bonds. The quantitative estimate of drug-likeness (QED) is 0.713. The van der Waals surface area contributed by atoms with E-state index < -0.39 is 0 Å². The fourth-order valence-corrected chi connectivity index (χ4v) is 3.08. The molecule has 0 radical (unpaired) electrons. The van der Waals surface area contributed by atoms with Crippen molar-refractivity contribution in [3.63, 3.8) is 0 Å². The van der Waals surface area contributed by atoms with E-state index in [0.29, 0.717) is 22.7 Å². The predicted molar refractivity (Wildman–Crippen MR) is 94.4 cm³/mol. The normalized spacial score (nSPS) is 11.4. The zero-order chi connectivity index (χ0) is 17.4. The van der Waals surface area contributed by atoms with E-state index in [0.717, 1.165) is 16.9 Å². The maximum absolute atomic E-state index is 12.4. The second-order valence-corrected chi connectivity index (χ2v) is 6.40. The van der Waals surface area contributed by atoms with Crippen LogP contribution in [0.25, 0.3) is 11.0 Å². The van der Waals surface area contributed by atoms with Crippen molar-refractivity contribution in [3.05, 3.63) is 40.2 Å². The number of H-pyrrole nitrogens is 1. The Labute approximate surface area is 144 Å². The van der Waals surface area contributed by atoms with E-state index in [1.807, 2.05) is 43.0 Å². The lowest BCUT2D eigenvalue weighted by Crippen LogP contribution is -2.25. The largest absolute Gasteiger partial charge is 0.345 e. The number of imidazole rings is 1. The molecule has 126 valence electrons. The number of nitrogens with zero attached hydrogens (tertiary/aromatic N) is 4. The molecule has 0 saturated heterocycles. The lowest BCUT2D eigenvalue weighted by atomic mass is 10.2. The molecular weight excluding hydrogens is 324 g/mol. The van der Waals surface area contributed by atoms with Crippen LogP contribution >= 0.6 is 12.2 Å². The van der Waals surface area contributed by atoms with Gasteiger partial charge in [-0.25, -0.2) is 4.98 Å². The summed E-state index contributed by atoms with van der Waals surface area (Å²) in [7, 11) is 1.96. The number of rotatable bonds is 4. The molecule has 7 nitrogen and oxygen atoms in total. The number of aryl methyl sites for hydroxylation is 2. The number of carbonyl (C=O) groups is 1. The highest BCUT2D eigenvalue weighted by Gasteiger charge is 2.13. The van der Waals surface area contributed by atoms with Gasteiger partial charge < -0.3 is 14.5 Å². The summed E-state index contributed by atoms with van der Waals surface area (Å²) < 4.78 is 4.44. The molecule has 0 spiro atoms. The third-order valence-corrected chi connectivity index (χ3v) is 4.36. The Morgan fingerprint density at radius 1 is 1.42 bits per heavy atom. The van der Waals surface area contributed by atoms with Gasteiger partial charge in [0.2, 0.25) is 0 Å². The maximum Gasteiger partial charge on any atom is 0.251 e. The van der Waals surface area contributed by atoms with E-state index in [2.05, 4.69) is 20.5 Å². The molecular formula is C16H20N6OS. The summed E-state index contributed by atoms with van der Waals surface area (Å²) in [5.74, 6) is 1.46. The number of nitrogens with one attached hydrogen (secondary N) is 2. The monoisotopic (exact) mass is 344 g/mol. The Morgan fingerprint density at radius 2 is 2.17 bits per heavy atom. The van der Waals surface area contributed by atoms with Crippen LogP contribution in [0.3, 0.4) is 0 Å². The molecule has 0 fully saturated rings. The van der Waals surface area contributed by atoms with Crippen molar-refractivity contribution in [2.45, 2.75) is 33.4 Å². The van der Waals surface area contributed by atoms with Crippen molar-refractivity contribution in [2.24, 2.45) is 7.05 Å². The number of carbonyl (C=O) groups excluding carboxylic acids is 1. The standard InChI is InChI=1S/C16H20N6OS/c1-9(2)22-14(19-20-16(22)24)8-17-15(23)11-5-6-13-12(7-11)18-10(3)21(13)4/h5-7,9H,8H2,1-4H3,(H,17,23)(H,20,24). The van der Waals surface area contributed by atoms with Gasteiger partial charge in [0.25, 0.3) is 5.91 Å². The van der Waals surface area contributed by atoms with E-state index in [-0.39, 0.29) is 11.9 Å². The number of amides is 1. The first-order valence-electron chi connectivity index (χ1n) is 7.75. The molecule has 1 aromatic carbocycles. The Balaban J connectivity index is 1.79. The van der Waals surface area contributed by atoms with Gasteiger partial charge in [0.1, 0.15) is 5.82 Å². The lowest BCUT2D eigenvalue weighted by Gasteiger charge is -2.11. The minimum absolute atomic E-state index is 0.163. The van der Waals surface area contributed by atoms with Gasteiger partial charge in [-0.3, -0.25) is 9.89 Å². The minimum Gasteiger partial charge on any atom is -0.345 e. The SMILES string of the molecule is Cc1nc2cc(C(=O)NCc3n[nH]c(=S)n3C(C)C)ccc2n1C. The second-order valence-electron chi connectivity index (χ2n) is 6.01. The number of benzene rings is 1. The van der Waals surface area contributed by atoms with Gasteiger partial charge in [-0.1, -0.05) is 0 Å². The average Bonchev–Trinajstić information content (AvgIpc) is 3.05. The molecule has 2 heterocycles. The smallest absolute Gasteiger partial charge is 0.251 e. The Hall–Kier alpha value is -2.48. The molecule has 0 aliphatic heterocycles. The van der Waals surface area contributed by atoms with E-state index >= 15 is 0 Å². The fraction of sp³-hybridized carbons (Fsp3) is 0.375. The number of hydrogen-bond acceptors (Lipinski definition) is 4. The molecule has 0 aliphatic carbocycles. The second kappa shape index (κ2) is 6.20. The summed E-state index contributed by atoms with van der Waals surface area (Å²) in [4.78, 5) is 16.9. The molecule has 0 atom stereocenters. The van der Waals surface area contributed by atoms with Gasteiger partial charge in [0.05, 0.1) is 17.6 Å². The van der Waals surface area contributed by atoms with Gasteiger partial charge in [-0.15, -0.1) is 0 Å². The van der Waals surface area contributed by atoms with Crippen LogP contribution in [0, 0.1) is 11.7 Å². The average molecular weight is 344 g/mol. The third kappa shape index (κ3) is 2.84. The van der Waals surface area contributed by atoms with Crippen molar-refractivity contribution in [1.29, 1.82) is 0 Å². The summed E-state index contributed by atoms with van der Waals surface area (Å²) in [5.41, 5.74) is 2.39. The summed E-state index contributed by atoms with van der Waals surface area (Å²) in [6.07, 6.45) is 0. The topological polar surface area (TPSA) is 80.5 Å². The van der Waals surface area contributed by atoms with Gasteiger partial charge >= 0.3 is 0 Å². The zero-order valence-corrected chi connectivity index (χ0v) is 14.9. The highest BCUT2D eigenvalue weighted by Crippen LogP contribution is 2.16. The van der Waals surface area contributed by atoms with Crippen molar-refractivity contribution in [3.8, 4) is 0 Å². The molecule has 0 aliphatic rings. The molecule has 8 heteroatoms. The van der Waals surface area contributed by atoms with Gasteiger partial charge in [-0.05, 0) is 51.2 Å². The van der Waals surface area contributed by atoms with Crippen LogP contribution in [0.4, 0.5) is 0 Å². The van der Waals surface area contributed by atoms with Crippen LogP contribution in [-0.4, -0.2) is 30.2 Å². The first-order valence-corrected chi connectivity index (χ1v) is 8.16. The van der Waals surface area contributed by atoms with Crippen LogP contribution in [0.1, 0.15) is 41.9 Å². The van der Waals surface area contributed by atoms with Crippen molar-refractivity contribution in [1.82, 2.24) is 29.6 Å². The Bertz CT molecular complexity index is 965. The van der Waals surface area contributed by atoms with Crippen LogP contribution in [0.2, 0.25) is 0 Å². The molecule has 24 heavy (non-hydrogen) atoms. The fourth-order valence-electron chi connectivity index (χ4n) is 2.72. The van der Waals surface area contributed by atoms with Crippen LogP contribution in [0.5, 0.6) is 0 Å². The molecule has 0 bridgehead atoms. The van der Waals surface area contributed by atoms with Gasteiger partial charge in [0, 0.05) is 18.7 Å². The third-order valence-electron chi connectivity index (χ3n) is 4.07. The lowest BCUT2D eigenvalue weighted by molar-refractivity contribution is 0.0949. The summed E-state index contributed by atoms with van der Waals surface area (Å²) in [5, 5.41) is 9.84. The van der Waals surface area contributed by atoms with E-state index in [9.17, 15) is 4.79 Å². The summed E-state index contributed by atoms with van der Waals surface area (Å²) in [6, 6.07) is 5.69. The van der Waals surface area contributed by atoms with Crippen molar-refractivity contribution < 1.29 is 4.79 Å². The first kappa shape index (κ1) is 16.4.